The normalized spacial score (nSPS) is 11.8. The van der Waals surface area contributed by atoms with E-state index in [0.717, 1.165) is 16.6 Å². The molecule has 0 aliphatic rings. The molecule has 5 rings (SSSR count). The molecule has 2 heterocycles. The van der Waals surface area contributed by atoms with E-state index in [0.29, 0.717) is 38.9 Å². The number of methoxy groups -OCH3 is 1. The first kappa shape index (κ1) is 21.7. The summed E-state index contributed by atoms with van der Waals surface area (Å²) in [5.41, 5.74) is 2.59. The summed E-state index contributed by atoms with van der Waals surface area (Å²) in [5, 5.41) is 0. The molecule has 34 heavy (non-hydrogen) atoms. The summed E-state index contributed by atoms with van der Waals surface area (Å²) in [4.78, 5) is 30.8. The first-order chi connectivity index (χ1) is 16.6. The van der Waals surface area contributed by atoms with Crippen molar-refractivity contribution in [2.24, 2.45) is 0 Å². The predicted octanol–water partition coefficient (Wildman–Crippen LogP) is 4.08. The quantitative estimate of drug-likeness (QED) is 0.274. The number of para-hydroxylation sites is 2. The number of benzene rings is 3. The molecule has 0 aliphatic carbocycles. The van der Waals surface area contributed by atoms with Crippen LogP contribution in [0, 0.1) is 0 Å². The van der Waals surface area contributed by atoms with E-state index in [4.69, 9.17) is 14.2 Å². The second kappa shape index (κ2) is 8.99. The van der Waals surface area contributed by atoms with Gasteiger partial charge in [-0.15, -0.1) is 0 Å². The maximum absolute atomic E-state index is 13.0. The van der Waals surface area contributed by atoms with Crippen molar-refractivity contribution in [1.29, 1.82) is 0 Å². The molecule has 0 unspecified atom stereocenters. The van der Waals surface area contributed by atoms with Gasteiger partial charge in [-0.1, -0.05) is 29.5 Å². The Labute approximate surface area is 198 Å². The highest BCUT2D eigenvalue weighted by Crippen LogP contribution is 2.30. The number of fused-ring (bicyclic) bond motifs is 3. The van der Waals surface area contributed by atoms with Crippen molar-refractivity contribution in [2.45, 2.75) is 6.92 Å². The van der Waals surface area contributed by atoms with E-state index in [-0.39, 0.29) is 5.56 Å². The average molecular weight is 473 g/mol. The summed E-state index contributed by atoms with van der Waals surface area (Å²) in [5.74, 6) is 0.859. The Morgan fingerprint density at radius 3 is 2.62 bits per heavy atom. The molecular weight excluding hydrogens is 452 g/mol. The first-order valence-corrected chi connectivity index (χ1v) is 11.4. The molecule has 0 amide bonds. The third-order valence-electron chi connectivity index (χ3n) is 5.24. The second-order valence-electron chi connectivity index (χ2n) is 7.39. The molecule has 0 fully saturated rings. The highest BCUT2D eigenvalue weighted by molar-refractivity contribution is 7.15. The second-order valence-corrected chi connectivity index (χ2v) is 8.40. The van der Waals surface area contributed by atoms with Gasteiger partial charge in [0.05, 0.1) is 34.8 Å². The largest absolute Gasteiger partial charge is 0.497 e. The monoisotopic (exact) mass is 472 g/mol. The van der Waals surface area contributed by atoms with Crippen LogP contribution in [0.15, 0.2) is 71.5 Å². The Kier molecular flexibility index (Phi) is 5.73. The summed E-state index contributed by atoms with van der Waals surface area (Å²) in [6, 6.07) is 19.4. The Morgan fingerprint density at radius 1 is 1.06 bits per heavy atom. The minimum atomic E-state index is -0.506. The smallest absolute Gasteiger partial charge is 0.343 e. The van der Waals surface area contributed by atoms with Crippen LogP contribution in [-0.4, -0.2) is 29.1 Å². The van der Waals surface area contributed by atoms with Crippen LogP contribution < -0.4 is 24.3 Å². The minimum absolute atomic E-state index is 0.123. The standard InChI is InChI=1S/C26H20N2O5S/c1-3-32-22-14-16(8-13-21(22)33-25(30)17-9-11-18(31-2)12-10-17)15-23-24(29)28-20-7-5-4-6-19(20)27-26(28)34-23/h4-15H,3H2,1-2H3/b23-15-. The number of carbonyl (C=O) groups excluding carboxylic acids is 1. The summed E-state index contributed by atoms with van der Waals surface area (Å²) in [6.45, 7) is 2.24. The molecule has 0 saturated heterocycles. The van der Waals surface area contributed by atoms with E-state index in [1.165, 1.54) is 11.3 Å². The lowest BCUT2D eigenvalue weighted by Gasteiger charge is -2.11. The topological polar surface area (TPSA) is 79.1 Å². The van der Waals surface area contributed by atoms with Gasteiger partial charge in [0, 0.05) is 0 Å². The number of aromatic nitrogens is 2. The number of esters is 1. The van der Waals surface area contributed by atoms with E-state index in [1.54, 1.807) is 60.1 Å². The molecule has 170 valence electrons. The van der Waals surface area contributed by atoms with Crippen LogP contribution >= 0.6 is 11.3 Å². The van der Waals surface area contributed by atoms with Crippen LogP contribution in [0.4, 0.5) is 0 Å². The molecule has 0 radical (unpaired) electrons. The molecular formula is C26H20N2O5S. The molecule has 0 bridgehead atoms. The van der Waals surface area contributed by atoms with Gasteiger partial charge in [-0.05, 0) is 67.1 Å². The Bertz CT molecular complexity index is 1620. The molecule has 3 aromatic carbocycles. The molecule has 2 aromatic heterocycles. The number of hydrogen-bond donors (Lipinski definition) is 0. The van der Waals surface area contributed by atoms with Gasteiger partial charge in [0.25, 0.3) is 5.56 Å². The van der Waals surface area contributed by atoms with Gasteiger partial charge < -0.3 is 14.2 Å². The number of hydrogen-bond acceptors (Lipinski definition) is 7. The van der Waals surface area contributed by atoms with Crippen LogP contribution in [-0.2, 0) is 0 Å². The lowest BCUT2D eigenvalue weighted by Crippen LogP contribution is -2.22. The van der Waals surface area contributed by atoms with Crippen molar-refractivity contribution in [3.05, 3.63) is 92.7 Å². The van der Waals surface area contributed by atoms with Gasteiger partial charge >= 0.3 is 5.97 Å². The molecule has 0 saturated carbocycles. The SMILES string of the molecule is CCOc1cc(/C=c2\sc3nc4ccccc4n3c2=O)ccc1OC(=O)c1ccc(OC)cc1. The number of ether oxygens (including phenoxy) is 3. The first-order valence-electron chi connectivity index (χ1n) is 10.6. The van der Waals surface area contributed by atoms with Crippen LogP contribution in [0.5, 0.6) is 17.2 Å². The van der Waals surface area contributed by atoms with E-state index < -0.39 is 5.97 Å². The summed E-state index contributed by atoms with van der Waals surface area (Å²) in [6.07, 6.45) is 1.79. The summed E-state index contributed by atoms with van der Waals surface area (Å²) in [7, 11) is 1.56. The van der Waals surface area contributed by atoms with Gasteiger partial charge in [-0.3, -0.25) is 4.79 Å². The molecule has 0 aliphatic heterocycles. The molecule has 7 nitrogen and oxygen atoms in total. The lowest BCUT2D eigenvalue weighted by atomic mass is 10.2. The van der Waals surface area contributed by atoms with Gasteiger partial charge in [0.15, 0.2) is 16.5 Å². The van der Waals surface area contributed by atoms with Crippen LogP contribution in [0.3, 0.4) is 0 Å². The average Bonchev–Trinajstić information content (AvgIpc) is 3.36. The minimum Gasteiger partial charge on any atom is -0.497 e. The van der Waals surface area contributed by atoms with Crippen molar-refractivity contribution in [3.63, 3.8) is 0 Å². The molecule has 0 atom stereocenters. The lowest BCUT2D eigenvalue weighted by molar-refractivity contribution is 0.0728. The van der Waals surface area contributed by atoms with Crippen molar-refractivity contribution in [1.82, 2.24) is 9.38 Å². The van der Waals surface area contributed by atoms with Gasteiger partial charge in [-0.2, -0.15) is 0 Å². The Morgan fingerprint density at radius 2 is 1.85 bits per heavy atom. The zero-order valence-corrected chi connectivity index (χ0v) is 19.3. The van der Waals surface area contributed by atoms with Crippen LogP contribution in [0.1, 0.15) is 22.8 Å². The Hall–Kier alpha value is -4.17. The van der Waals surface area contributed by atoms with E-state index in [9.17, 15) is 9.59 Å². The van der Waals surface area contributed by atoms with Gasteiger partial charge in [0.1, 0.15) is 5.75 Å². The van der Waals surface area contributed by atoms with Crippen molar-refractivity contribution < 1.29 is 19.0 Å². The van der Waals surface area contributed by atoms with Gasteiger partial charge in [-0.25, -0.2) is 14.2 Å². The highest BCUT2D eigenvalue weighted by Gasteiger charge is 2.14. The van der Waals surface area contributed by atoms with E-state index in [2.05, 4.69) is 4.98 Å². The third kappa shape index (κ3) is 3.99. The zero-order chi connectivity index (χ0) is 23.7. The number of carbonyl (C=O) groups is 1. The number of imidazole rings is 1. The number of thiazole rings is 1. The fourth-order valence-electron chi connectivity index (χ4n) is 3.62. The van der Waals surface area contributed by atoms with E-state index in [1.807, 2.05) is 31.2 Å². The van der Waals surface area contributed by atoms with E-state index >= 15 is 0 Å². The summed E-state index contributed by atoms with van der Waals surface area (Å²) >= 11 is 1.33. The number of rotatable bonds is 6. The predicted molar refractivity (Wildman–Crippen MR) is 131 cm³/mol. The van der Waals surface area contributed by atoms with Gasteiger partial charge in [0.2, 0.25) is 0 Å². The van der Waals surface area contributed by atoms with Crippen molar-refractivity contribution >= 4 is 39.4 Å². The fraction of sp³-hybridized carbons (Fsp3) is 0.115. The highest BCUT2D eigenvalue weighted by atomic mass is 32.1. The van der Waals surface area contributed by atoms with Crippen LogP contribution in [0.2, 0.25) is 0 Å². The van der Waals surface area contributed by atoms with Crippen molar-refractivity contribution in [2.75, 3.05) is 13.7 Å². The molecule has 5 aromatic rings. The van der Waals surface area contributed by atoms with Crippen molar-refractivity contribution in [3.8, 4) is 17.2 Å². The molecule has 0 N–H and O–H groups in total. The Balaban J connectivity index is 1.48. The number of nitrogens with zero attached hydrogens (tertiary/aromatic N) is 2. The molecule has 8 heteroatoms. The van der Waals surface area contributed by atoms with Crippen LogP contribution in [0.25, 0.3) is 22.1 Å². The maximum atomic E-state index is 13.0. The molecule has 0 spiro atoms. The zero-order valence-electron chi connectivity index (χ0n) is 18.5. The third-order valence-corrected chi connectivity index (χ3v) is 6.21. The summed E-state index contributed by atoms with van der Waals surface area (Å²) < 4.78 is 18.6. The fourth-order valence-corrected chi connectivity index (χ4v) is 4.60. The maximum Gasteiger partial charge on any atom is 0.343 e.